The molecule has 0 rings (SSSR count). The Morgan fingerprint density at radius 2 is 0.526 bits per heavy atom. The van der Waals surface area contributed by atoms with Gasteiger partial charge in [-0.15, -0.1) is 0 Å². The molecule has 1 unspecified atom stereocenters. The summed E-state index contributed by atoms with van der Waals surface area (Å²) in [5.74, 6) is -0.878. The average Bonchev–Trinajstić information content (AvgIpc) is 3.42. The lowest BCUT2D eigenvalue weighted by molar-refractivity contribution is -0.167. The van der Waals surface area contributed by atoms with Crippen LogP contribution in [-0.4, -0.2) is 37.2 Å². The predicted octanol–water partition coefficient (Wildman–Crippen LogP) is 22.0. The molecule has 6 heteroatoms. The fourth-order valence-electron chi connectivity index (χ4n) is 8.99. The third-order valence-electron chi connectivity index (χ3n) is 13.8. The molecule has 0 heterocycles. The number of hydrogen-bond donors (Lipinski definition) is 0. The molecule has 76 heavy (non-hydrogen) atoms. The molecular formula is C70H120O6. The second kappa shape index (κ2) is 63.9. The van der Waals surface area contributed by atoms with Crippen molar-refractivity contribution in [1.29, 1.82) is 0 Å². The van der Waals surface area contributed by atoms with Crippen LogP contribution in [0.25, 0.3) is 0 Å². The van der Waals surface area contributed by atoms with Gasteiger partial charge in [-0.2, -0.15) is 0 Å². The number of hydrogen-bond acceptors (Lipinski definition) is 6. The summed E-state index contributed by atoms with van der Waals surface area (Å²) in [6.45, 7) is 6.49. The highest BCUT2D eigenvalue weighted by Gasteiger charge is 2.19. The molecule has 0 aromatic heterocycles. The molecule has 0 bridgehead atoms. The van der Waals surface area contributed by atoms with Crippen LogP contribution in [0.3, 0.4) is 0 Å². The summed E-state index contributed by atoms with van der Waals surface area (Å²) in [4.78, 5) is 38.1. The van der Waals surface area contributed by atoms with E-state index in [-0.39, 0.29) is 31.1 Å². The second-order valence-electron chi connectivity index (χ2n) is 21.3. The standard InChI is InChI=1S/C70H120O6/c1-4-7-10-13-16-19-22-24-25-26-27-28-29-30-31-32-33-34-35-36-37-38-39-40-41-42-43-44-45-46-49-51-54-57-60-63-69(72)75-66-67(65-74-68(71)62-59-56-53-50-47-21-18-15-12-9-6-3)76-70(73)64-61-58-55-52-48-23-20-17-14-11-8-5-2/h7,10,15-16,18-19,24-25,27-28,30-31,33-34,36-37,67H,4-6,8-9,11-14,17,20-23,26,29,32,35,38-66H2,1-3H3/b10-7-,18-15-,19-16-,25-24-,28-27-,31-30-,34-33-,37-36-. The van der Waals surface area contributed by atoms with Crippen molar-refractivity contribution in [3.05, 3.63) is 97.2 Å². The summed E-state index contributed by atoms with van der Waals surface area (Å²) in [5, 5.41) is 0. The van der Waals surface area contributed by atoms with Gasteiger partial charge in [0.1, 0.15) is 13.2 Å². The summed E-state index contributed by atoms with van der Waals surface area (Å²) in [7, 11) is 0. The molecule has 0 amide bonds. The molecule has 0 fully saturated rings. The van der Waals surface area contributed by atoms with Crippen molar-refractivity contribution in [2.24, 2.45) is 0 Å². The van der Waals surface area contributed by atoms with Gasteiger partial charge in [0.15, 0.2) is 6.10 Å². The molecule has 0 aliphatic rings. The monoisotopic (exact) mass is 1060 g/mol. The van der Waals surface area contributed by atoms with E-state index in [0.29, 0.717) is 19.3 Å². The lowest BCUT2D eigenvalue weighted by Crippen LogP contribution is -2.30. The normalized spacial score (nSPS) is 12.7. The smallest absolute Gasteiger partial charge is 0.306 e. The van der Waals surface area contributed by atoms with Gasteiger partial charge in [-0.1, -0.05) is 291 Å². The Hall–Kier alpha value is -3.67. The highest BCUT2D eigenvalue weighted by Crippen LogP contribution is 2.16. The van der Waals surface area contributed by atoms with Gasteiger partial charge in [0.25, 0.3) is 0 Å². The Morgan fingerprint density at radius 3 is 0.855 bits per heavy atom. The first-order valence-electron chi connectivity index (χ1n) is 32.2. The molecule has 0 saturated carbocycles. The molecule has 0 N–H and O–H groups in total. The zero-order valence-electron chi connectivity index (χ0n) is 50.0. The van der Waals surface area contributed by atoms with Crippen molar-refractivity contribution in [2.75, 3.05) is 13.2 Å². The van der Waals surface area contributed by atoms with Crippen LogP contribution in [-0.2, 0) is 28.6 Å². The highest BCUT2D eigenvalue weighted by atomic mass is 16.6. The molecule has 436 valence electrons. The first-order chi connectivity index (χ1) is 37.5. The minimum Gasteiger partial charge on any atom is -0.462 e. The van der Waals surface area contributed by atoms with E-state index in [4.69, 9.17) is 14.2 Å². The van der Waals surface area contributed by atoms with Gasteiger partial charge in [0.2, 0.25) is 0 Å². The van der Waals surface area contributed by atoms with Gasteiger partial charge < -0.3 is 14.2 Å². The number of allylic oxidation sites excluding steroid dienone is 16. The largest absolute Gasteiger partial charge is 0.462 e. The van der Waals surface area contributed by atoms with Gasteiger partial charge >= 0.3 is 17.9 Å². The maximum atomic E-state index is 12.8. The van der Waals surface area contributed by atoms with Crippen LogP contribution < -0.4 is 0 Å². The zero-order valence-corrected chi connectivity index (χ0v) is 50.0. The summed E-state index contributed by atoms with van der Waals surface area (Å²) in [6.07, 6.45) is 85.7. The van der Waals surface area contributed by atoms with E-state index in [2.05, 4.69) is 118 Å². The molecule has 6 nitrogen and oxygen atoms in total. The number of esters is 3. The lowest BCUT2D eigenvalue weighted by Gasteiger charge is -2.18. The molecule has 0 radical (unpaired) electrons. The van der Waals surface area contributed by atoms with Crippen LogP contribution in [0.1, 0.15) is 310 Å². The van der Waals surface area contributed by atoms with E-state index in [1.54, 1.807) is 0 Å². The Kier molecular flexibility index (Phi) is 60.8. The quantitative estimate of drug-likeness (QED) is 0.0261. The predicted molar refractivity (Wildman–Crippen MR) is 330 cm³/mol. The molecule has 0 saturated heterocycles. The van der Waals surface area contributed by atoms with Gasteiger partial charge in [0, 0.05) is 19.3 Å². The maximum absolute atomic E-state index is 12.8. The Bertz CT molecular complexity index is 1490. The van der Waals surface area contributed by atoms with E-state index < -0.39 is 6.10 Å². The molecule has 0 spiro atoms. The van der Waals surface area contributed by atoms with Crippen LogP contribution in [0.2, 0.25) is 0 Å². The van der Waals surface area contributed by atoms with Crippen LogP contribution >= 0.6 is 0 Å². The first-order valence-corrected chi connectivity index (χ1v) is 32.2. The highest BCUT2D eigenvalue weighted by molar-refractivity contribution is 5.71. The number of carbonyl (C=O) groups is 3. The number of unbranched alkanes of at least 4 members (excludes halogenated alkanes) is 31. The van der Waals surface area contributed by atoms with Crippen molar-refractivity contribution in [3.63, 3.8) is 0 Å². The van der Waals surface area contributed by atoms with Crippen molar-refractivity contribution in [2.45, 2.75) is 316 Å². The fraction of sp³-hybridized carbons (Fsp3) is 0.729. The van der Waals surface area contributed by atoms with Gasteiger partial charge in [-0.05, 0) is 96.3 Å². The molecule has 0 aliphatic heterocycles. The number of rotatable bonds is 58. The summed E-state index contributed by atoms with van der Waals surface area (Å²) in [5.41, 5.74) is 0. The third-order valence-corrected chi connectivity index (χ3v) is 13.8. The lowest BCUT2D eigenvalue weighted by atomic mass is 10.0. The molecule has 0 aromatic rings. The third kappa shape index (κ3) is 61.2. The van der Waals surface area contributed by atoms with Gasteiger partial charge in [-0.3, -0.25) is 14.4 Å². The van der Waals surface area contributed by atoms with E-state index in [0.717, 1.165) is 109 Å². The van der Waals surface area contributed by atoms with Crippen molar-refractivity contribution in [3.8, 4) is 0 Å². The second-order valence-corrected chi connectivity index (χ2v) is 21.3. The summed E-state index contributed by atoms with van der Waals surface area (Å²) >= 11 is 0. The van der Waals surface area contributed by atoms with Crippen LogP contribution in [0.5, 0.6) is 0 Å². The first kappa shape index (κ1) is 72.3. The van der Waals surface area contributed by atoms with Gasteiger partial charge in [-0.25, -0.2) is 0 Å². The molecule has 0 aliphatic carbocycles. The number of ether oxygens (including phenoxy) is 3. The molecule has 1 atom stereocenters. The van der Waals surface area contributed by atoms with Crippen LogP contribution in [0, 0.1) is 0 Å². The summed E-state index contributed by atoms with van der Waals surface area (Å²) in [6, 6.07) is 0. The Balaban J connectivity index is 4.09. The van der Waals surface area contributed by atoms with Gasteiger partial charge in [0.05, 0.1) is 0 Å². The Labute approximate surface area is 470 Å². The Morgan fingerprint density at radius 1 is 0.276 bits per heavy atom. The van der Waals surface area contributed by atoms with Crippen molar-refractivity contribution < 1.29 is 28.6 Å². The average molecular weight is 1060 g/mol. The fourth-order valence-corrected chi connectivity index (χ4v) is 8.99. The zero-order chi connectivity index (χ0) is 55.0. The maximum Gasteiger partial charge on any atom is 0.306 e. The van der Waals surface area contributed by atoms with E-state index in [9.17, 15) is 14.4 Å². The molecular weight excluding hydrogens is 937 g/mol. The van der Waals surface area contributed by atoms with E-state index in [1.165, 1.54) is 161 Å². The topological polar surface area (TPSA) is 78.9 Å². The van der Waals surface area contributed by atoms with E-state index >= 15 is 0 Å². The molecule has 0 aromatic carbocycles. The number of carbonyl (C=O) groups excluding carboxylic acids is 3. The summed E-state index contributed by atoms with van der Waals surface area (Å²) < 4.78 is 16.9. The van der Waals surface area contributed by atoms with Crippen LogP contribution in [0.15, 0.2) is 97.2 Å². The minimum absolute atomic E-state index is 0.0765. The van der Waals surface area contributed by atoms with Crippen molar-refractivity contribution in [1.82, 2.24) is 0 Å². The van der Waals surface area contributed by atoms with Crippen molar-refractivity contribution >= 4 is 17.9 Å². The minimum atomic E-state index is -0.777. The SMILES string of the molecule is CC/C=C\C/C=C\C/C=C\C/C=C\C/C=C\C/C=C\C/C=C\CCCCCCCCCCCCCCCC(=O)OCC(COC(=O)CCCCCCC/C=C\CCCC)OC(=O)CCCCCCCCCCCCCC. The van der Waals surface area contributed by atoms with E-state index in [1.807, 2.05) is 0 Å². The van der Waals surface area contributed by atoms with Crippen LogP contribution in [0.4, 0.5) is 0 Å².